The van der Waals surface area contributed by atoms with Gasteiger partial charge in [0.2, 0.25) is 0 Å². The van der Waals surface area contributed by atoms with Gasteiger partial charge in [0.15, 0.2) is 0 Å². The third kappa shape index (κ3) is 6.32. The zero-order chi connectivity index (χ0) is 30.1. The third-order valence-electron chi connectivity index (χ3n) is 13.0. The van der Waals surface area contributed by atoms with Gasteiger partial charge >= 0.3 is 0 Å². The lowest BCUT2D eigenvalue weighted by Crippen LogP contribution is -2.26. The molecule has 0 bridgehead atoms. The summed E-state index contributed by atoms with van der Waals surface area (Å²) in [6, 6.07) is 0. The van der Waals surface area contributed by atoms with Gasteiger partial charge in [-0.3, -0.25) is 0 Å². The second-order valence-electron chi connectivity index (χ2n) is 15.6. The molecule has 0 saturated heterocycles. The highest BCUT2D eigenvalue weighted by Gasteiger charge is 2.31. The standard InChI is InChI=1S/C42H63P/c1-27-37(33-19-11-7-12-20-33)29(3)41(30(4)38(27)34-21-13-8-14-22-34)43-42-31(5)39(35-23-15-9-16-24-35)28(2)40(32(42)6)36-25-17-10-18-26-36/h33-36,43H,7-26H2,1-6H3. The van der Waals surface area contributed by atoms with Gasteiger partial charge in [0.1, 0.15) is 0 Å². The van der Waals surface area contributed by atoms with Crippen LogP contribution in [-0.2, 0) is 0 Å². The van der Waals surface area contributed by atoms with Gasteiger partial charge in [-0.05, 0) is 183 Å². The van der Waals surface area contributed by atoms with Gasteiger partial charge in [-0.2, -0.15) is 0 Å². The van der Waals surface area contributed by atoms with Crippen LogP contribution in [0.4, 0.5) is 0 Å². The Morgan fingerprint density at radius 3 is 0.721 bits per heavy atom. The molecule has 0 aromatic heterocycles. The fourth-order valence-electron chi connectivity index (χ4n) is 11.0. The highest BCUT2D eigenvalue weighted by atomic mass is 31.1. The Morgan fingerprint density at radius 2 is 0.512 bits per heavy atom. The summed E-state index contributed by atoms with van der Waals surface area (Å²) in [5, 5.41) is 3.51. The van der Waals surface area contributed by atoms with Gasteiger partial charge in [-0.25, -0.2) is 0 Å². The lowest BCUT2D eigenvalue weighted by molar-refractivity contribution is 0.431. The van der Waals surface area contributed by atoms with Crippen LogP contribution in [0.25, 0.3) is 0 Å². The largest absolute Gasteiger partial charge is 0.0579 e. The monoisotopic (exact) mass is 598 g/mol. The van der Waals surface area contributed by atoms with Crippen molar-refractivity contribution in [3.05, 3.63) is 55.6 Å². The van der Waals surface area contributed by atoms with Crippen molar-refractivity contribution in [2.75, 3.05) is 0 Å². The number of benzene rings is 2. The van der Waals surface area contributed by atoms with E-state index in [4.69, 9.17) is 0 Å². The number of hydrogen-bond donors (Lipinski definition) is 0. The maximum absolute atomic E-state index is 2.56. The highest BCUT2D eigenvalue weighted by molar-refractivity contribution is 7.56. The summed E-state index contributed by atoms with van der Waals surface area (Å²) in [5.74, 6) is 3.15. The predicted octanol–water partition coefficient (Wildman–Crippen LogP) is 12.4. The van der Waals surface area contributed by atoms with Gasteiger partial charge in [0.05, 0.1) is 0 Å². The molecule has 4 aliphatic rings. The Kier molecular flexibility index (Phi) is 10.4. The van der Waals surface area contributed by atoms with Crippen molar-refractivity contribution < 1.29 is 0 Å². The Hall–Kier alpha value is -1.13. The van der Waals surface area contributed by atoms with Crippen molar-refractivity contribution in [3.63, 3.8) is 0 Å². The van der Waals surface area contributed by atoms with E-state index in [2.05, 4.69) is 41.5 Å². The van der Waals surface area contributed by atoms with Crippen LogP contribution in [0.3, 0.4) is 0 Å². The van der Waals surface area contributed by atoms with Crippen LogP contribution in [0.2, 0.25) is 0 Å². The normalized spacial score (nSPS) is 21.9. The first kappa shape index (κ1) is 31.8. The van der Waals surface area contributed by atoms with E-state index in [0.717, 1.165) is 32.3 Å². The summed E-state index contributed by atoms with van der Waals surface area (Å²) in [6.07, 6.45) is 28.5. The van der Waals surface area contributed by atoms with Crippen molar-refractivity contribution in [3.8, 4) is 0 Å². The van der Waals surface area contributed by atoms with Crippen LogP contribution in [0.15, 0.2) is 0 Å². The molecule has 2 aromatic rings. The summed E-state index contributed by atoms with van der Waals surface area (Å²) in [7, 11) is 0.807. The number of rotatable bonds is 6. The molecule has 1 heteroatoms. The molecule has 4 saturated carbocycles. The molecule has 2 aromatic carbocycles. The van der Waals surface area contributed by atoms with E-state index in [0.29, 0.717) is 0 Å². The molecule has 0 nitrogen and oxygen atoms in total. The van der Waals surface area contributed by atoms with Gasteiger partial charge in [0.25, 0.3) is 0 Å². The molecule has 0 amide bonds. The molecular weight excluding hydrogens is 535 g/mol. The lowest BCUT2D eigenvalue weighted by atomic mass is 9.74. The lowest BCUT2D eigenvalue weighted by Gasteiger charge is -2.35. The fraction of sp³-hybridized carbons (Fsp3) is 0.714. The molecule has 0 aliphatic heterocycles. The van der Waals surface area contributed by atoms with E-state index in [-0.39, 0.29) is 0 Å². The molecule has 4 fully saturated rings. The van der Waals surface area contributed by atoms with Crippen molar-refractivity contribution in [2.24, 2.45) is 0 Å². The molecule has 0 radical (unpaired) electrons. The van der Waals surface area contributed by atoms with E-state index in [1.54, 1.807) is 66.2 Å². The van der Waals surface area contributed by atoms with E-state index in [1.165, 1.54) is 128 Å². The van der Waals surface area contributed by atoms with E-state index < -0.39 is 0 Å². The minimum atomic E-state index is 0.788. The zero-order valence-corrected chi connectivity index (χ0v) is 30.0. The van der Waals surface area contributed by atoms with E-state index >= 15 is 0 Å². The van der Waals surface area contributed by atoms with Crippen LogP contribution >= 0.6 is 8.58 Å². The van der Waals surface area contributed by atoms with E-state index in [1.807, 2.05) is 0 Å². The Morgan fingerprint density at radius 1 is 0.302 bits per heavy atom. The van der Waals surface area contributed by atoms with Gasteiger partial charge in [-0.1, -0.05) is 85.6 Å². The average Bonchev–Trinajstić information content (AvgIpc) is 3.03. The molecule has 0 heterocycles. The minimum absolute atomic E-state index is 0.788. The van der Waals surface area contributed by atoms with Gasteiger partial charge in [0, 0.05) is 0 Å². The molecular formula is C42H63P. The molecule has 0 unspecified atom stereocenters. The molecule has 4 aliphatic carbocycles. The smallest absolute Gasteiger partial charge is 0.0156 e. The molecule has 0 N–H and O–H groups in total. The van der Waals surface area contributed by atoms with Crippen LogP contribution in [0.1, 0.15) is 208 Å². The molecule has 0 spiro atoms. The first-order valence-corrected chi connectivity index (χ1v) is 19.9. The second kappa shape index (κ2) is 14.1. The maximum atomic E-state index is 2.56. The minimum Gasteiger partial charge on any atom is -0.0579 e. The van der Waals surface area contributed by atoms with Crippen molar-refractivity contribution >= 4 is 19.2 Å². The van der Waals surface area contributed by atoms with Gasteiger partial charge in [-0.15, -0.1) is 0 Å². The van der Waals surface area contributed by atoms with Crippen LogP contribution in [0, 0.1) is 41.5 Å². The summed E-state index contributed by atoms with van der Waals surface area (Å²) in [4.78, 5) is 0. The third-order valence-corrected chi connectivity index (χ3v) is 15.0. The maximum Gasteiger partial charge on any atom is -0.0156 e. The highest BCUT2D eigenvalue weighted by Crippen LogP contribution is 2.46. The molecule has 0 atom stereocenters. The Bertz CT molecular complexity index is 1080. The Labute approximate surface area is 267 Å². The molecule has 43 heavy (non-hydrogen) atoms. The van der Waals surface area contributed by atoms with Crippen molar-refractivity contribution in [2.45, 2.75) is 194 Å². The molecule has 236 valence electrons. The summed E-state index contributed by atoms with van der Waals surface area (Å²) in [6.45, 7) is 15.3. The van der Waals surface area contributed by atoms with Crippen LogP contribution < -0.4 is 10.6 Å². The first-order chi connectivity index (χ1) is 20.9. The SMILES string of the molecule is Cc1c(Pc2c(C)c(C3CCCCC3)c(C)c(C3CCCCC3)c2C)c(C)c(C2CCCCC2)c(C)c1C1CCCCC1. The van der Waals surface area contributed by atoms with Crippen LogP contribution in [0.5, 0.6) is 0 Å². The second-order valence-corrected chi connectivity index (χ2v) is 16.9. The first-order valence-electron chi connectivity index (χ1n) is 18.9. The summed E-state index contributed by atoms with van der Waals surface area (Å²) in [5.41, 5.74) is 17.4. The van der Waals surface area contributed by atoms with Crippen molar-refractivity contribution in [1.29, 1.82) is 0 Å². The van der Waals surface area contributed by atoms with E-state index in [9.17, 15) is 0 Å². The topological polar surface area (TPSA) is 0 Å². The van der Waals surface area contributed by atoms with Crippen molar-refractivity contribution in [1.82, 2.24) is 0 Å². The molecule has 6 rings (SSSR count). The fourth-order valence-corrected chi connectivity index (χ4v) is 12.6. The van der Waals surface area contributed by atoms with Gasteiger partial charge < -0.3 is 0 Å². The number of hydrogen-bond acceptors (Lipinski definition) is 0. The summed E-state index contributed by atoms with van der Waals surface area (Å²) < 4.78 is 0. The quantitative estimate of drug-likeness (QED) is 0.290. The Balaban J connectivity index is 1.52. The summed E-state index contributed by atoms with van der Waals surface area (Å²) >= 11 is 0. The average molecular weight is 599 g/mol. The predicted molar refractivity (Wildman–Crippen MR) is 192 cm³/mol. The van der Waals surface area contributed by atoms with Crippen LogP contribution in [-0.4, -0.2) is 0 Å². The zero-order valence-electron chi connectivity index (χ0n) is 29.0.